The van der Waals surface area contributed by atoms with Crippen LogP contribution in [0.15, 0.2) is 24.4 Å². The van der Waals surface area contributed by atoms with E-state index in [9.17, 15) is 0 Å². The summed E-state index contributed by atoms with van der Waals surface area (Å²) in [6.07, 6.45) is 1.89. The van der Waals surface area contributed by atoms with Gasteiger partial charge in [0.2, 0.25) is 0 Å². The van der Waals surface area contributed by atoms with E-state index < -0.39 is 0 Å². The predicted molar refractivity (Wildman–Crippen MR) is 75.6 cm³/mol. The Morgan fingerprint density at radius 2 is 2.00 bits per heavy atom. The molecule has 0 amide bonds. The van der Waals surface area contributed by atoms with E-state index in [4.69, 9.17) is 5.73 Å². The molecule has 2 aromatic rings. The number of aromatic nitrogens is 2. The highest BCUT2D eigenvalue weighted by atomic mass is 14.9. The summed E-state index contributed by atoms with van der Waals surface area (Å²) in [6, 6.07) is 6.44. The molecule has 18 heavy (non-hydrogen) atoms. The van der Waals surface area contributed by atoms with Crippen molar-refractivity contribution in [3.63, 3.8) is 0 Å². The van der Waals surface area contributed by atoms with Gasteiger partial charge in [-0.15, -0.1) is 0 Å². The lowest BCUT2D eigenvalue weighted by Gasteiger charge is -2.19. The number of nitrogens with two attached hydrogens (primary N) is 1. The molecule has 0 aliphatic heterocycles. The molecule has 3 N–H and O–H groups in total. The first-order valence-electron chi connectivity index (χ1n) is 6.27. The van der Waals surface area contributed by atoms with Crippen molar-refractivity contribution in [1.82, 2.24) is 9.97 Å². The molecule has 0 aliphatic carbocycles. The van der Waals surface area contributed by atoms with Gasteiger partial charge in [-0.1, -0.05) is 37.6 Å². The minimum absolute atomic E-state index is 0.114. The predicted octanol–water partition coefficient (Wildman–Crippen LogP) is 2.93. The lowest BCUT2D eigenvalue weighted by molar-refractivity contribution is 0.508. The zero-order valence-electron chi connectivity index (χ0n) is 11.5. The van der Waals surface area contributed by atoms with Crippen LogP contribution in [0, 0.1) is 13.8 Å². The smallest absolute Gasteiger partial charge is 0.113 e. The van der Waals surface area contributed by atoms with Crippen LogP contribution in [-0.4, -0.2) is 16.5 Å². The zero-order valence-corrected chi connectivity index (χ0v) is 11.5. The third kappa shape index (κ3) is 2.31. The van der Waals surface area contributed by atoms with Gasteiger partial charge in [-0.2, -0.15) is 0 Å². The van der Waals surface area contributed by atoms with Gasteiger partial charge >= 0.3 is 0 Å². The zero-order chi connectivity index (χ0) is 13.3. The third-order valence-corrected chi connectivity index (χ3v) is 3.40. The van der Waals surface area contributed by atoms with Gasteiger partial charge < -0.3 is 10.7 Å². The largest absolute Gasteiger partial charge is 0.342 e. The summed E-state index contributed by atoms with van der Waals surface area (Å²) in [5, 5.41) is 0. The van der Waals surface area contributed by atoms with Crippen molar-refractivity contribution < 1.29 is 0 Å². The van der Waals surface area contributed by atoms with Crippen LogP contribution in [0.2, 0.25) is 0 Å². The van der Waals surface area contributed by atoms with E-state index in [1.165, 1.54) is 16.7 Å². The first kappa shape index (κ1) is 12.8. The van der Waals surface area contributed by atoms with Crippen LogP contribution in [0.5, 0.6) is 0 Å². The van der Waals surface area contributed by atoms with E-state index >= 15 is 0 Å². The Hall–Kier alpha value is -1.61. The topological polar surface area (TPSA) is 54.7 Å². The van der Waals surface area contributed by atoms with Crippen molar-refractivity contribution in [3.8, 4) is 11.3 Å². The molecule has 2 rings (SSSR count). The molecule has 0 saturated heterocycles. The quantitative estimate of drug-likeness (QED) is 0.870. The van der Waals surface area contributed by atoms with Gasteiger partial charge in [0.15, 0.2) is 0 Å². The van der Waals surface area contributed by atoms with E-state index in [0.29, 0.717) is 6.54 Å². The summed E-state index contributed by atoms with van der Waals surface area (Å²) >= 11 is 0. The van der Waals surface area contributed by atoms with Crippen LogP contribution in [0.25, 0.3) is 11.3 Å². The molecule has 0 atom stereocenters. The number of aryl methyl sites for hydroxylation is 2. The van der Waals surface area contributed by atoms with Crippen molar-refractivity contribution in [2.45, 2.75) is 33.1 Å². The van der Waals surface area contributed by atoms with Crippen LogP contribution >= 0.6 is 0 Å². The van der Waals surface area contributed by atoms with Gasteiger partial charge in [0, 0.05) is 17.5 Å². The molecular weight excluding hydrogens is 222 g/mol. The fourth-order valence-corrected chi connectivity index (χ4v) is 2.01. The molecule has 0 saturated carbocycles. The van der Waals surface area contributed by atoms with Crippen LogP contribution in [0.1, 0.15) is 30.8 Å². The summed E-state index contributed by atoms with van der Waals surface area (Å²) in [7, 11) is 0. The van der Waals surface area contributed by atoms with Gasteiger partial charge in [0.1, 0.15) is 5.82 Å². The van der Waals surface area contributed by atoms with Crippen molar-refractivity contribution in [2.24, 2.45) is 5.73 Å². The van der Waals surface area contributed by atoms with E-state index in [1.807, 2.05) is 6.20 Å². The third-order valence-electron chi connectivity index (χ3n) is 3.40. The fourth-order valence-electron chi connectivity index (χ4n) is 2.01. The van der Waals surface area contributed by atoms with Crippen molar-refractivity contribution >= 4 is 0 Å². The highest BCUT2D eigenvalue weighted by Gasteiger charge is 2.22. The molecule has 0 radical (unpaired) electrons. The number of nitrogens with zero attached hydrogens (tertiary/aromatic N) is 1. The monoisotopic (exact) mass is 243 g/mol. The summed E-state index contributed by atoms with van der Waals surface area (Å²) in [6.45, 7) is 8.99. The molecule has 0 aliphatic rings. The van der Waals surface area contributed by atoms with E-state index in [1.54, 1.807) is 0 Å². The van der Waals surface area contributed by atoms with Gasteiger partial charge in [-0.05, 0) is 19.4 Å². The Kier molecular flexibility index (Phi) is 3.26. The SMILES string of the molecule is Cc1ccc(-c2cnc(C(C)(C)CN)[nH]2)c(C)c1. The summed E-state index contributed by atoms with van der Waals surface area (Å²) in [5.74, 6) is 0.944. The standard InChI is InChI=1S/C15H21N3/c1-10-5-6-12(11(2)7-10)13-8-17-14(18-13)15(3,4)9-16/h5-8H,9,16H2,1-4H3,(H,17,18). The number of H-pyrrole nitrogens is 1. The summed E-state index contributed by atoms with van der Waals surface area (Å²) in [5.41, 5.74) is 10.5. The van der Waals surface area contributed by atoms with Crippen LogP contribution in [0.3, 0.4) is 0 Å². The van der Waals surface area contributed by atoms with E-state index in [0.717, 1.165) is 11.5 Å². The maximum atomic E-state index is 5.78. The van der Waals surface area contributed by atoms with Crippen LogP contribution < -0.4 is 5.73 Å². The molecule has 0 fully saturated rings. The fraction of sp³-hybridized carbons (Fsp3) is 0.400. The number of imidazole rings is 1. The van der Waals surface area contributed by atoms with Gasteiger partial charge in [0.05, 0.1) is 11.9 Å². The number of nitrogens with one attached hydrogen (secondary N) is 1. The summed E-state index contributed by atoms with van der Waals surface area (Å²) in [4.78, 5) is 7.85. The molecule has 3 heteroatoms. The lowest BCUT2D eigenvalue weighted by atomic mass is 9.93. The van der Waals surface area contributed by atoms with Crippen LogP contribution in [-0.2, 0) is 5.41 Å². The Balaban J connectivity index is 2.41. The highest BCUT2D eigenvalue weighted by Crippen LogP contribution is 2.26. The average molecular weight is 243 g/mol. The Labute approximate surface area is 108 Å². The summed E-state index contributed by atoms with van der Waals surface area (Å²) < 4.78 is 0. The highest BCUT2D eigenvalue weighted by molar-refractivity contribution is 5.63. The first-order chi connectivity index (χ1) is 8.44. The minimum Gasteiger partial charge on any atom is -0.342 e. The van der Waals surface area contributed by atoms with E-state index in [2.05, 4.69) is 55.9 Å². The van der Waals surface area contributed by atoms with Crippen molar-refractivity contribution in [1.29, 1.82) is 0 Å². The van der Waals surface area contributed by atoms with Crippen molar-refractivity contribution in [2.75, 3.05) is 6.54 Å². The number of aromatic amines is 1. The lowest BCUT2D eigenvalue weighted by Crippen LogP contribution is -2.29. The molecule has 0 bridgehead atoms. The molecule has 1 aromatic heterocycles. The second-order valence-corrected chi connectivity index (χ2v) is 5.55. The molecule has 1 heterocycles. The Morgan fingerprint density at radius 3 is 2.61 bits per heavy atom. The van der Waals surface area contributed by atoms with Gasteiger partial charge in [-0.25, -0.2) is 4.98 Å². The molecule has 96 valence electrons. The number of hydrogen-bond acceptors (Lipinski definition) is 2. The normalized spacial score (nSPS) is 11.8. The number of benzene rings is 1. The Morgan fingerprint density at radius 1 is 1.28 bits per heavy atom. The Bertz CT molecular complexity index is 553. The number of rotatable bonds is 3. The average Bonchev–Trinajstić information content (AvgIpc) is 2.79. The first-order valence-corrected chi connectivity index (χ1v) is 6.27. The minimum atomic E-state index is -0.114. The number of hydrogen-bond donors (Lipinski definition) is 2. The molecule has 0 unspecified atom stereocenters. The second-order valence-electron chi connectivity index (χ2n) is 5.55. The molecule has 0 spiro atoms. The molecule has 3 nitrogen and oxygen atoms in total. The van der Waals surface area contributed by atoms with E-state index in [-0.39, 0.29) is 5.41 Å². The maximum absolute atomic E-state index is 5.78. The molecule has 1 aromatic carbocycles. The maximum Gasteiger partial charge on any atom is 0.113 e. The van der Waals surface area contributed by atoms with Crippen LogP contribution in [0.4, 0.5) is 0 Å². The second kappa shape index (κ2) is 4.58. The molecular formula is C15H21N3. The van der Waals surface area contributed by atoms with Gasteiger partial charge in [-0.3, -0.25) is 0 Å². The van der Waals surface area contributed by atoms with Gasteiger partial charge in [0.25, 0.3) is 0 Å². The van der Waals surface area contributed by atoms with Crippen molar-refractivity contribution in [3.05, 3.63) is 41.3 Å².